The highest BCUT2D eigenvalue weighted by molar-refractivity contribution is 5.78. The molecule has 1 amide bonds. The molecule has 13 heteroatoms. The highest BCUT2D eigenvalue weighted by Gasteiger charge is 2.38. The maximum atomic E-state index is 11.5. The number of hydrogen-bond donors (Lipinski definition) is 6. The zero-order valence-electron chi connectivity index (χ0n) is 12.6. The average Bonchev–Trinajstić information content (AvgIpc) is 2.48. The maximum Gasteiger partial charge on any atom is 0.490 e. The Morgan fingerprint density at radius 2 is 2.00 bits per heavy atom. The zero-order chi connectivity index (χ0) is 19.5. The number of nitrogens with two attached hydrogens (primary N) is 1. The smallest absolute Gasteiger partial charge is 0.475 e. The minimum Gasteiger partial charge on any atom is -0.475 e. The monoisotopic (exact) mass is 367 g/mol. The van der Waals surface area contributed by atoms with Crippen molar-refractivity contribution in [2.24, 2.45) is 5.73 Å². The fourth-order valence-corrected chi connectivity index (χ4v) is 1.20. The van der Waals surface area contributed by atoms with Crippen LogP contribution in [0, 0.1) is 5.41 Å². The zero-order valence-corrected chi connectivity index (χ0v) is 12.6. The molecule has 0 saturated carbocycles. The summed E-state index contributed by atoms with van der Waals surface area (Å²) < 4.78 is 31.7. The van der Waals surface area contributed by atoms with Gasteiger partial charge in [-0.2, -0.15) is 13.2 Å². The lowest BCUT2D eigenvalue weighted by Crippen LogP contribution is -2.35. The van der Waals surface area contributed by atoms with Gasteiger partial charge in [-0.15, -0.1) is 0 Å². The van der Waals surface area contributed by atoms with Crippen molar-refractivity contribution < 1.29 is 32.7 Å². The Morgan fingerprint density at radius 3 is 2.48 bits per heavy atom. The van der Waals surface area contributed by atoms with Gasteiger partial charge in [0.2, 0.25) is 11.9 Å². The van der Waals surface area contributed by atoms with E-state index in [1.54, 1.807) is 12.1 Å². The van der Waals surface area contributed by atoms with Crippen LogP contribution in [0.1, 0.15) is 5.56 Å². The summed E-state index contributed by atoms with van der Waals surface area (Å²) in [6.45, 7) is 0.417. The van der Waals surface area contributed by atoms with Gasteiger partial charge in [0.05, 0.1) is 13.0 Å². The Balaban J connectivity index is 0.000000697. The van der Waals surface area contributed by atoms with E-state index < -0.39 is 12.1 Å². The van der Waals surface area contributed by atoms with Gasteiger partial charge in [0.1, 0.15) is 0 Å². The number of alkyl halides is 3. The van der Waals surface area contributed by atoms with Crippen LogP contribution < -0.4 is 22.1 Å². The Morgan fingerprint density at radius 1 is 1.40 bits per heavy atom. The van der Waals surface area contributed by atoms with Gasteiger partial charge >= 0.3 is 12.1 Å². The predicted molar refractivity (Wildman–Crippen MR) is 78.5 cm³/mol. The van der Waals surface area contributed by atoms with E-state index in [1.165, 1.54) is 6.20 Å². The third-order valence-corrected chi connectivity index (χ3v) is 2.20. The summed E-state index contributed by atoms with van der Waals surface area (Å²) in [5.41, 5.74) is 7.23. The first-order valence-electron chi connectivity index (χ1n) is 6.49. The molecule has 0 fully saturated rings. The highest BCUT2D eigenvalue weighted by atomic mass is 19.4. The number of amides is 1. The van der Waals surface area contributed by atoms with Crippen LogP contribution in [0.2, 0.25) is 0 Å². The predicted octanol–water partition coefficient (Wildman–Crippen LogP) is -0.918. The van der Waals surface area contributed by atoms with Crippen molar-refractivity contribution in [3.05, 3.63) is 34.2 Å². The molecule has 140 valence electrons. The largest absolute Gasteiger partial charge is 0.490 e. The molecule has 0 bridgehead atoms. The number of guanidine groups is 1. The SMILES string of the molecule is N=C(N)NOCCNC(=O)Cc1ccc[nH]c1=O.O=C(O)C(F)(F)F. The number of H-pyrrole nitrogens is 1. The molecule has 1 aromatic rings. The van der Waals surface area contributed by atoms with Gasteiger partial charge in [-0.1, -0.05) is 6.07 Å². The number of carbonyl (C=O) groups excluding carboxylic acids is 1. The molecule has 0 radical (unpaired) electrons. The number of carboxylic acid groups (broad SMARTS) is 1. The summed E-state index contributed by atoms with van der Waals surface area (Å²) in [4.78, 5) is 38.9. The van der Waals surface area contributed by atoms with Crippen molar-refractivity contribution in [3.63, 3.8) is 0 Å². The Hall–Kier alpha value is -3.09. The number of pyridine rings is 1. The Bertz CT molecular complexity index is 647. The van der Waals surface area contributed by atoms with Crippen LogP contribution in [0.4, 0.5) is 13.2 Å². The normalized spacial score (nSPS) is 10.2. The number of carboxylic acids is 1. The van der Waals surface area contributed by atoms with E-state index in [9.17, 15) is 22.8 Å². The standard InChI is InChI=1S/C10H15N5O3.C2HF3O2/c11-10(12)15-18-5-4-13-8(16)6-7-2-1-3-14-9(7)17;3-2(4,5)1(6)7/h1-3H,4-6H2,(H,13,16)(H,14,17)(H4,11,12,15);(H,6,7). The molecule has 0 spiro atoms. The first kappa shape index (κ1) is 21.9. The quantitative estimate of drug-likeness (QED) is 0.163. The summed E-state index contributed by atoms with van der Waals surface area (Å²) in [6, 6.07) is 3.25. The summed E-state index contributed by atoms with van der Waals surface area (Å²) in [5.74, 6) is -3.34. The first-order valence-corrected chi connectivity index (χ1v) is 6.49. The third-order valence-electron chi connectivity index (χ3n) is 2.20. The van der Waals surface area contributed by atoms with Gasteiger partial charge in [-0.05, 0) is 6.07 Å². The van der Waals surface area contributed by atoms with E-state index in [2.05, 4.69) is 15.8 Å². The molecule has 0 atom stereocenters. The molecule has 0 aliphatic carbocycles. The second-order valence-corrected chi connectivity index (χ2v) is 4.22. The van der Waals surface area contributed by atoms with E-state index in [-0.39, 0.29) is 37.0 Å². The minimum atomic E-state index is -5.08. The maximum absolute atomic E-state index is 11.5. The first-order chi connectivity index (χ1) is 11.5. The van der Waals surface area contributed by atoms with E-state index in [0.717, 1.165) is 0 Å². The molecule has 7 N–H and O–H groups in total. The topological polar surface area (TPSA) is 170 Å². The van der Waals surface area contributed by atoms with Crippen LogP contribution in [-0.2, 0) is 20.8 Å². The van der Waals surface area contributed by atoms with E-state index in [1.807, 2.05) is 0 Å². The molecule has 1 heterocycles. The second kappa shape index (κ2) is 10.6. The molecular weight excluding hydrogens is 351 g/mol. The van der Waals surface area contributed by atoms with Crippen molar-refractivity contribution in [1.29, 1.82) is 5.41 Å². The Kier molecular flexibility index (Phi) is 9.33. The highest BCUT2D eigenvalue weighted by Crippen LogP contribution is 2.13. The number of halogens is 3. The molecule has 10 nitrogen and oxygen atoms in total. The number of aromatic nitrogens is 1. The fraction of sp³-hybridized carbons (Fsp3) is 0.333. The lowest BCUT2D eigenvalue weighted by atomic mass is 10.2. The minimum absolute atomic E-state index is 0.0102. The number of aliphatic carboxylic acids is 1. The molecule has 0 aromatic carbocycles. The van der Waals surface area contributed by atoms with Crippen LogP contribution in [0.25, 0.3) is 0 Å². The number of carbonyl (C=O) groups is 2. The van der Waals surface area contributed by atoms with Gasteiger partial charge in [-0.25, -0.2) is 10.3 Å². The van der Waals surface area contributed by atoms with Crippen molar-refractivity contribution in [3.8, 4) is 0 Å². The number of nitrogens with one attached hydrogen (secondary N) is 4. The number of hydrogen-bond acceptors (Lipinski definition) is 5. The van der Waals surface area contributed by atoms with Crippen molar-refractivity contribution >= 4 is 17.8 Å². The summed E-state index contributed by atoms with van der Waals surface area (Å²) >= 11 is 0. The van der Waals surface area contributed by atoms with Crippen LogP contribution in [0.3, 0.4) is 0 Å². The van der Waals surface area contributed by atoms with Crippen LogP contribution in [0.15, 0.2) is 23.1 Å². The third kappa shape index (κ3) is 11.1. The van der Waals surface area contributed by atoms with Gasteiger partial charge in [-0.3, -0.25) is 19.8 Å². The van der Waals surface area contributed by atoms with Crippen molar-refractivity contribution in [2.75, 3.05) is 13.2 Å². The molecule has 0 aliphatic rings. The average molecular weight is 367 g/mol. The molecule has 1 rings (SSSR count). The lowest BCUT2D eigenvalue weighted by Gasteiger charge is -2.06. The van der Waals surface area contributed by atoms with Crippen LogP contribution in [-0.4, -0.2) is 47.3 Å². The fourth-order valence-electron chi connectivity index (χ4n) is 1.20. The van der Waals surface area contributed by atoms with E-state index >= 15 is 0 Å². The number of rotatable bonds is 6. The number of hydroxylamine groups is 1. The van der Waals surface area contributed by atoms with Gasteiger partial charge in [0, 0.05) is 18.3 Å². The van der Waals surface area contributed by atoms with Crippen molar-refractivity contribution in [1.82, 2.24) is 15.8 Å². The summed E-state index contributed by atoms with van der Waals surface area (Å²) in [7, 11) is 0. The molecule has 0 aliphatic heterocycles. The van der Waals surface area contributed by atoms with Crippen molar-refractivity contribution in [2.45, 2.75) is 12.6 Å². The Labute approximate surface area is 138 Å². The summed E-state index contributed by atoms with van der Waals surface area (Å²) in [6.07, 6.45) is -3.57. The van der Waals surface area contributed by atoms with Gasteiger partial charge in [0.25, 0.3) is 5.56 Å². The molecule has 0 saturated heterocycles. The molecule has 0 unspecified atom stereocenters. The molecule has 1 aromatic heterocycles. The second-order valence-electron chi connectivity index (χ2n) is 4.22. The van der Waals surface area contributed by atoms with Crippen LogP contribution >= 0.6 is 0 Å². The van der Waals surface area contributed by atoms with E-state index in [4.69, 9.17) is 25.9 Å². The lowest BCUT2D eigenvalue weighted by molar-refractivity contribution is -0.192. The van der Waals surface area contributed by atoms with E-state index in [0.29, 0.717) is 5.56 Å². The molecular formula is C12H16F3N5O5. The van der Waals surface area contributed by atoms with Gasteiger partial charge in [0.15, 0.2) is 0 Å². The molecule has 25 heavy (non-hydrogen) atoms. The van der Waals surface area contributed by atoms with Gasteiger partial charge < -0.3 is 21.1 Å². The number of aromatic amines is 1. The summed E-state index contributed by atoms with van der Waals surface area (Å²) in [5, 5.41) is 16.5. The van der Waals surface area contributed by atoms with Crippen LogP contribution in [0.5, 0.6) is 0 Å².